The number of carboxylic acids is 1. The summed E-state index contributed by atoms with van der Waals surface area (Å²) >= 11 is 1.89. The number of likely N-dealkylation sites (tertiary alicyclic amines) is 1. The van der Waals surface area contributed by atoms with Crippen molar-refractivity contribution in [2.45, 2.75) is 49.8 Å². The number of hydrogen-bond acceptors (Lipinski definition) is 3. The molecule has 0 radical (unpaired) electrons. The van der Waals surface area contributed by atoms with Crippen LogP contribution in [-0.2, 0) is 11.3 Å². The van der Waals surface area contributed by atoms with Crippen LogP contribution >= 0.6 is 11.8 Å². The summed E-state index contributed by atoms with van der Waals surface area (Å²) in [6.45, 7) is 7.42. The van der Waals surface area contributed by atoms with Crippen molar-refractivity contribution in [3.63, 3.8) is 0 Å². The van der Waals surface area contributed by atoms with E-state index >= 15 is 0 Å². The van der Waals surface area contributed by atoms with E-state index in [-0.39, 0.29) is 0 Å². The second-order valence-electron chi connectivity index (χ2n) is 6.13. The molecule has 0 atom stereocenters. The van der Waals surface area contributed by atoms with Gasteiger partial charge >= 0.3 is 5.97 Å². The van der Waals surface area contributed by atoms with Gasteiger partial charge in [0.1, 0.15) is 0 Å². The predicted molar refractivity (Wildman–Crippen MR) is 87.7 cm³/mol. The summed E-state index contributed by atoms with van der Waals surface area (Å²) in [6, 6.07) is 8.84. The van der Waals surface area contributed by atoms with E-state index in [1.807, 2.05) is 11.8 Å². The molecule has 0 amide bonds. The number of piperidine rings is 1. The van der Waals surface area contributed by atoms with Crippen molar-refractivity contribution in [2.24, 2.45) is 5.92 Å². The third kappa shape index (κ3) is 5.71. The molecule has 1 fully saturated rings. The molecular weight excluding hydrogens is 282 g/mol. The first-order valence-corrected chi connectivity index (χ1v) is 8.60. The Morgan fingerprint density at radius 1 is 1.29 bits per heavy atom. The average molecular weight is 307 g/mol. The molecule has 1 N–H and O–H groups in total. The molecule has 3 nitrogen and oxygen atoms in total. The maximum Gasteiger partial charge on any atom is 0.303 e. The van der Waals surface area contributed by atoms with E-state index in [4.69, 9.17) is 5.11 Å². The topological polar surface area (TPSA) is 40.5 Å². The lowest BCUT2D eigenvalue weighted by molar-refractivity contribution is -0.138. The summed E-state index contributed by atoms with van der Waals surface area (Å²) in [7, 11) is 0. The molecule has 1 aromatic carbocycles. The lowest BCUT2D eigenvalue weighted by atomic mass is 9.93. The van der Waals surface area contributed by atoms with Gasteiger partial charge in [0, 0.05) is 23.1 Å². The Kier molecular flexibility index (Phi) is 6.12. The van der Waals surface area contributed by atoms with Crippen molar-refractivity contribution in [3.8, 4) is 0 Å². The number of carboxylic acid groups (broad SMARTS) is 1. The number of carbonyl (C=O) groups is 1. The normalized spacial score (nSPS) is 17.3. The fourth-order valence-electron chi connectivity index (χ4n) is 2.80. The number of nitrogens with zero attached hydrogens (tertiary/aromatic N) is 1. The first kappa shape index (κ1) is 16.4. The highest BCUT2D eigenvalue weighted by Crippen LogP contribution is 2.25. The van der Waals surface area contributed by atoms with E-state index in [2.05, 4.69) is 43.0 Å². The first-order valence-electron chi connectivity index (χ1n) is 7.72. The molecular formula is C17H25NO2S. The van der Waals surface area contributed by atoms with Gasteiger partial charge in [-0.3, -0.25) is 9.69 Å². The molecule has 0 aromatic heterocycles. The quantitative estimate of drug-likeness (QED) is 0.810. The summed E-state index contributed by atoms with van der Waals surface area (Å²) in [5.41, 5.74) is 1.35. The minimum atomic E-state index is -0.660. The van der Waals surface area contributed by atoms with Crippen LogP contribution in [-0.4, -0.2) is 34.3 Å². The van der Waals surface area contributed by atoms with Crippen LogP contribution in [0.2, 0.25) is 0 Å². The minimum Gasteiger partial charge on any atom is -0.481 e. The molecule has 116 valence electrons. The fraction of sp³-hybridized carbons (Fsp3) is 0.588. The van der Waals surface area contributed by atoms with Crippen LogP contribution in [0.15, 0.2) is 29.2 Å². The molecule has 1 aliphatic heterocycles. The second kappa shape index (κ2) is 7.85. The zero-order valence-electron chi connectivity index (χ0n) is 12.9. The van der Waals surface area contributed by atoms with E-state index in [0.717, 1.165) is 32.5 Å². The molecule has 0 unspecified atom stereocenters. The number of hydrogen-bond donors (Lipinski definition) is 1. The van der Waals surface area contributed by atoms with Crippen LogP contribution in [0, 0.1) is 5.92 Å². The van der Waals surface area contributed by atoms with Crippen molar-refractivity contribution >= 4 is 17.7 Å². The number of thioether (sulfide) groups is 1. The molecule has 21 heavy (non-hydrogen) atoms. The monoisotopic (exact) mass is 307 g/mol. The molecule has 1 aliphatic rings. The van der Waals surface area contributed by atoms with Crippen molar-refractivity contribution in [1.82, 2.24) is 4.90 Å². The van der Waals surface area contributed by atoms with Gasteiger partial charge in [-0.05, 0) is 49.5 Å². The summed E-state index contributed by atoms with van der Waals surface area (Å²) in [6.07, 6.45) is 2.34. The van der Waals surface area contributed by atoms with Gasteiger partial charge in [0.2, 0.25) is 0 Å². The van der Waals surface area contributed by atoms with E-state index in [1.54, 1.807) is 0 Å². The van der Waals surface area contributed by atoms with Crippen LogP contribution in [0.25, 0.3) is 0 Å². The maximum atomic E-state index is 10.7. The molecule has 0 spiro atoms. The molecule has 1 saturated heterocycles. The van der Waals surface area contributed by atoms with E-state index < -0.39 is 5.97 Å². The zero-order valence-corrected chi connectivity index (χ0v) is 13.7. The molecule has 0 bridgehead atoms. The lowest BCUT2D eigenvalue weighted by Crippen LogP contribution is -2.33. The summed E-state index contributed by atoms with van der Waals surface area (Å²) in [5, 5.41) is 9.45. The Morgan fingerprint density at radius 3 is 2.43 bits per heavy atom. The van der Waals surface area contributed by atoms with Crippen LogP contribution in [0.1, 0.15) is 38.7 Å². The predicted octanol–water partition coefficient (Wildman–Crippen LogP) is 3.87. The highest BCUT2D eigenvalue weighted by atomic mass is 32.2. The van der Waals surface area contributed by atoms with E-state index in [9.17, 15) is 4.79 Å². The smallest absolute Gasteiger partial charge is 0.303 e. The van der Waals surface area contributed by atoms with Crippen molar-refractivity contribution in [1.29, 1.82) is 0 Å². The SMILES string of the molecule is CC(C)Sc1ccc(CN2CCC(CC(=O)O)CC2)cc1. The second-order valence-corrected chi connectivity index (χ2v) is 7.78. The van der Waals surface area contributed by atoms with Gasteiger partial charge in [0.15, 0.2) is 0 Å². The molecule has 0 saturated carbocycles. The van der Waals surface area contributed by atoms with Gasteiger partial charge in [-0.1, -0.05) is 26.0 Å². The number of benzene rings is 1. The Balaban J connectivity index is 1.79. The molecule has 4 heteroatoms. The third-order valence-electron chi connectivity index (χ3n) is 3.87. The van der Waals surface area contributed by atoms with Crippen molar-refractivity contribution < 1.29 is 9.90 Å². The molecule has 2 rings (SSSR count). The lowest BCUT2D eigenvalue weighted by Gasteiger charge is -2.31. The Morgan fingerprint density at radius 2 is 1.90 bits per heavy atom. The van der Waals surface area contributed by atoms with Gasteiger partial charge in [0.25, 0.3) is 0 Å². The molecule has 1 heterocycles. The Bertz CT molecular complexity index is 450. The number of aliphatic carboxylic acids is 1. The van der Waals surface area contributed by atoms with Crippen molar-refractivity contribution in [2.75, 3.05) is 13.1 Å². The van der Waals surface area contributed by atoms with Gasteiger partial charge in [-0.15, -0.1) is 11.8 Å². The Labute approximate surface area is 131 Å². The largest absolute Gasteiger partial charge is 0.481 e. The van der Waals surface area contributed by atoms with Gasteiger partial charge < -0.3 is 5.11 Å². The summed E-state index contributed by atoms with van der Waals surface area (Å²) < 4.78 is 0. The third-order valence-corrected chi connectivity index (χ3v) is 4.89. The van der Waals surface area contributed by atoms with Crippen molar-refractivity contribution in [3.05, 3.63) is 29.8 Å². The standard InChI is InChI=1S/C17H25NO2S/c1-13(2)21-16-5-3-15(4-6-16)12-18-9-7-14(8-10-18)11-17(19)20/h3-6,13-14H,7-12H2,1-2H3,(H,19,20). The van der Waals surface area contributed by atoms with Gasteiger partial charge in [0.05, 0.1) is 0 Å². The molecule has 1 aromatic rings. The Hall–Kier alpha value is -1.00. The summed E-state index contributed by atoms with van der Waals surface area (Å²) in [4.78, 5) is 14.5. The maximum absolute atomic E-state index is 10.7. The average Bonchev–Trinajstić information content (AvgIpc) is 2.42. The van der Waals surface area contributed by atoms with E-state index in [0.29, 0.717) is 17.6 Å². The first-order chi connectivity index (χ1) is 10.0. The zero-order chi connectivity index (χ0) is 15.2. The highest BCUT2D eigenvalue weighted by Gasteiger charge is 2.21. The fourth-order valence-corrected chi connectivity index (χ4v) is 3.64. The summed E-state index contributed by atoms with van der Waals surface area (Å²) in [5.74, 6) is -0.296. The molecule has 0 aliphatic carbocycles. The van der Waals surface area contributed by atoms with Crippen LogP contribution in [0.4, 0.5) is 0 Å². The highest BCUT2D eigenvalue weighted by molar-refractivity contribution is 7.99. The van der Waals surface area contributed by atoms with Gasteiger partial charge in [-0.25, -0.2) is 0 Å². The van der Waals surface area contributed by atoms with E-state index in [1.165, 1.54) is 10.5 Å². The van der Waals surface area contributed by atoms with Crippen LogP contribution in [0.5, 0.6) is 0 Å². The van der Waals surface area contributed by atoms with Crippen LogP contribution < -0.4 is 0 Å². The van der Waals surface area contributed by atoms with Crippen LogP contribution in [0.3, 0.4) is 0 Å². The van der Waals surface area contributed by atoms with Gasteiger partial charge in [-0.2, -0.15) is 0 Å². The minimum absolute atomic E-state index is 0.328. The number of rotatable bonds is 6.